The molecule has 5 nitrogen and oxygen atoms in total. The maximum Gasteiger partial charge on any atom is 0.231 e. The van der Waals surface area contributed by atoms with Crippen LogP contribution in [0.5, 0.6) is 0 Å². The molecule has 0 aliphatic heterocycles. The lowest BCUT2D eigenvalue weighted by atomic mass is 9.96. The van der Waals surface area contributed by atoms with Crippen molar-refractivity contribution in [2.75, 3.05) is 22.9 Å². The molecule has 23 heavy (non-hydrogen) atoms. The van der Waals surface area contributed by atoms with Crippen molar-refractivity contribution in [3.63, 3.8) is 0 Å². The lowest BCUT2D eigenvalue weighted by molar-refractivity contribution is 0.392. The fourth-order valence-corrected chi connectivity index (χ4v) is 4.49. The molecular formula is C16H23N3O2S2. The van der Waals surface area contributed by atoms with Crippen LogP contribution in [0.2, 0.25) is 0 Å². The van der Waals surface area contributed by atoms with Gasteiger partial charge in [-0.05, 0) is 61.5 Å². The van der Waals surface area contributed by atoms with E-state index >= 15 is 0 Å². The second-order valence-corrected chi connectivity index (χ2v) is 9.08. The quantitative estimate of drug-likeness (QED) is 0.815. The smallest absolute Gasteiger partial charge is 0.231 e. The summed E-state index contributed by atoms with van der Waals surface area (Å²) in [6, 6.07) is 7.73. The van der Waals surface area contributed by atoms with Crippen LogP contribution in [0.25, 0.3) is 0 Å². The van der Waals surface area contributed by atoms with Crippen molar-refractivity contribution in [3.8, 4) is 0 Å². The lowest BCUT2D eigenvalue weighted by Gasteiger charge is -2.25. The number of nitrogens with zero attached hydrogens (tertiary/aromatic N) is 1. The summed E-state index contributed by atoms with van der Waals surface area (Å²) in [5.74, 6) is 1.62. The summed E-state index contributed by atoms with van der Waals surface area (Å²) in [7, 11) is -1.73. The number of hydrogen-bond acceptors (Lipinski definition) is 3. The van der Waals surface area contributed by atoms with Crippen molar-refractivity contribution >= 4 is 38.7 Å². The maximum absolute atomic E-state index is 11.6. The highest BCUT2D eigenvalue weighted by Crippen LogP contribution is 2.44. The zero-order valence-electron chi connectivity index (χ0n) is 13.5. The van der Waals surface area contributed by atoms with E-state index < -0.39 is 10.0 Å². The predicted molar refractivity (Wildman–Crippen MR) is 98.3 cm³/mol. The van der Waals surface area contributed by atoms with Gasteiger partial charge in [0, 0.05) is 18.8 Å². The molecule has 2 N–H and O–H groups in total. The molecule has 0 saturated heterocycles. The molecular weight excluding hydrogens is 330 g/mol. The Kier molecular flexibility index (Phi) is 4.51. The van der Waals surface area contributed by atoms with E-state index in [-0.39, 0.29) is 0 Å². The fraction of sp³-hybridized carbons (Fsp3) is 0.562. The van der Waals surface area contributed by atoms with Gasteiger partial charge in [0.1, 0.15) is 0 Å². The average molecular weight is 354 g/mol. The van der Waals surface area contributed by atoms with Gasteiger partial charge in [-0.25, -0.2) is 8.42 Å². The molecule has 2 aliphatic rings. The highest BCUT2D eigenvalue weighted by molar-refractivity contribution is 7.92. The SMILES string of the molecule is CN(c1cccc(NC(=S)NC2CC3CCC2C3)c1)S(C)(=O)=O. The van der Waals surface area contributed by atoms with Crippen LogP contribution in [0.15, 0.2) is 24.3 Å². The first kappa shape index (κ1) is 16.5. The summed E-state index contributed by atoms with van der Waals surface area (Å²) in [6.45, 7) is 0. The molecule has 3 rings (SSSR count). The van der Waals surface area contributed by atoms with Gasteiger partial charge in [0.2, 0.25) is 10.0 Å². The zero-order chi connectivity index (χ0) is 16.6. The fourth-order valence-electron chi connectivity index (χ4n) is 3.73. The molecule has 2 bridgehead atoms. The Morgan fingerprint density at radius 3 is 2.70 bits per heavy atom. The number of hydrogen-bond donors (Lipinski definition) is 2. The number of sulfonamides is 1. The van der Waals surface area contributed by atoms with Crippen LogP contribution in [0.1, 0.15) is 25.7 Å². The second-order valence-electron chi connectivity index (χ2n) is 6.66. The lowest BCUT2D eigenvalue weighted by Crippen LogP contribution is -2.40. The Hall–Kier alpha value is -1.34. The highest BCUT2D eigenvalue weighted by Gasteiger charge is 2.39. The van der Waals surface area contributed by atoms with Crippen molar-refractivity contribution in [1.82, 2.24) is 5.32 Å². The van der Waals surface area contributed by atoms with Gasteiger partial charge in [0.15, 0.2) is 5.11 Å². The first-order valence-corrected chi connectivity index (χ1v) is 10.2. The topological polar surface area (TPSA) is 61.4 Å². The Balaban J connectivity index is 1.62. The summed E-state index contributed by atoms with van der Waals surface area (Å²) in [6.07, 6.45) is 6.40. The minimum absolute atomic E-state index is 0.482. The third-order valence-corrected chi connectivity index (χ3v) is 6.45. The number of nitrogens with one attached hydrogen (secondary N) is 2. The van der Waals surface area contributed by atoms with Gasteiger partial charge in [-0.15, -0.1) is 0 Å². The van der Waals surface area contributed by atoms with Gasteiger partial charge in [-0.2, -0.15) is 0 Å². The molecule has 3 unspecified atom stereocenters. The van der Waals surface area contributed by atoms with E-state index in [4.69, 9.17) is 12.2 Å². The van der Waals surface area contributed by atoms with Crippen molar-refractivity contribution in [3.05, 3.63) is 24.3 Å². The highest BCUT2D eigenvalue weighted by atomic mass is 32.2. The predicted octanol–water partition coefficient (Wildman–Crippen LogP) is 2.56. The monoisotopic (exact) mass is 353 g/mol. The van der Waals surface area contributed by atoms with Gasteiger partial charge < -0.3 is 10.6 Å². The summed E-state index contributed by atoms with van der Waals surface area (Å²) in [5.41, 5.74) is 1.40. The Morgan fingerprint density at radius 2 is 2.09 bits per heavy atom. The molecule has 0 aromatic heterocycles. The van der Waals surface area contributed by atoms with E-state index in [9.17, 15) is 8.42 Å². The average Bonchev–Trinajstić information content (AvgIpc) is 3.08. The van der Waals surface area contributed by atoms with Gasteiger partial charge in [-0.1, -0.05) is 12.5 Å². The number of thiocarbonyl (C=S) groups is 1. The van der Waals surface area contributed by atoms with Crippen molar-refractivity contribution in [2.45, 2.75) is 31.7 Å². The van der Waals surface area contributed by atoms with Crippen molar-refractivity contribution < 1.29 is 8.42 Å². The molecule has 0 amide bonds. The molecule has 0 radical (unpaired) electrons. The molecule has 0 heterocycles. The van der Waals surface area contributed by atoms with Crippen LogP contribution in [0.4, 0.5) is 11.4 Å². The number of benzene rings is 1. The van der Waals surface area contributed by atoms with Crippen LogP contribution in [-0.2, 0) is 10.0 Å². The second kappa shape index (κ2) is 6.28. The van der Waals surface area contributed by atoms with Crippen molar-refractivity contribution in [2.24, 2.45) is 11.8 Å². The van der Waals surface area contributed by atoms with Gasteiger partial charge in [0.25, 0.3) is 0 Å². The van der Waals surface area contributed by atoms with E-state index in [2.05, 4.69) is 10.6 Å². The van der Waals surface area contributed by atoms with Crippen LogP contribution < -0.4 is 14.9 Å². The van der Waals surface area contributed by atoms with E-state index in [1.54, 1.807) is 19.2 Å². The number of rotatable bonds is 4. The molecule has 3 atom stereocenters. The molecule has 2 saturated carbocycles. The Bertz CT molecular complexity index is 705. The normalized spacial score (nSPS) is 26.1. The van der Waals surface area contributed by atoms with E-state index in [0.29, 0.717) is 16.8 Å². The molecule has 0 spiro atoms. The molecule has 7 heteroatoms. The minimum Gasteiger partial charge on any atom is -0.359 e. The summed E-state index contributed by atoms with van der Waals surface area (Å²) < 4.78 is 24.5. The van der Waals surface area contributed by atoms with Crippen LogP contribution in [0.3, 0.4) is 0 Å². The number of anilines is 2. The summed E-state index contributed by atoms with van der Waals surface area (Å²) >= 11 is 5.42. The zero-order valence-corrected chi connectivity index (χ0v) is 15.1. The molecule has 2 aliphatic carbocycles. The first-order valence-electron chi connectivity index (χ1n) is 7.94. The third-order valence-electron chi connectivity index (χ3n) is 5.02. The van der Waals surface area contributed by atoms with Crippen LogP contribution >= 0.6 is 12.2 Å². The van der Waals surface area contributed by atoms with E-state index in [1.165, 1.54) is 36.2 Å². The molecule has 126 valence electrons. The van der Waals surface area contributed by atoms with Gasteiger partial charge in [0.05, 0.1) is 11.9 Å². The molecule has 1 aromatic rings. The van der Waals surface area contributed by atoms with Crippen molar-refractivity contribution in [1.29, 1.82) is 0 Å². The largest absolute Gasteiger partial charge is 0.359 e. The minimum atomic E-state index is -3.27. The number of fused-ring (bicyclic) bond motifs is 2. The summed E-state index contributed by atoms with van der Waals surface area (Å²) in [5, 5.41) is 7.21. The first-order chi connectivity index (χ1) is 10.8. The molecule has 2 fully saturated rings. The van der Waals surface area contributed by atoms with E-state index in [1.807, 2.05) is 12.1 Å². The van der Waals surface area contributed by atoms with Crippen LogP contribution in [0, 0.1) is 11.8 Å². The van der Waals surface area contributed by atoms with Gasteiger partial charge >= 0.3 is 0 Å². The summed E-state index contributed by atoms with van der Waals surface area (Å²) in [4.78, 5) is 0. The standard InChI is InChI=1S/C16H23N3O2S2/c1-19(23(2,20)21)14-5-3-4-13(10-14)17-16(22)18-15-9-11-6-7-12(15)8-11/h3-5,10-12,15H,6-9H2,1-2H3,(H2,17,18,22). The van der Waals surface area contributed by atoms with Gasteiger partial charge in [-0.3, -0.25) is 4.31 Å². The van der Waals surface area contributed by atoms with E-state index in [0.717, 1.165) is 17.5 Å². The Labute approximate surface area is 143 Å². The molecule has 1 aromatic carbocycles. The maximum atomic E-state index is 11.6. The van der Waals surface area contributed by atoms with Crippen LogP contribution in [-0.4, -0.2) is 32.9 Å². The Morgan fingerprint density at radius 1 is 1.30 bits per heavy atom. The third kappa shape index (κ3) is 3.77.